The fourth-order valence-electron chi connectivity index (χ4n) is 8.78. The molecular weight excluding hydrogens is 710 g/mol. The first kappa shape index (κ1) is 41.8. The molecule has 5 aliphatic rings. The van der Waals surface area contributed by atoms with Gasteiger partial charge in [-0.25, -0.2) is 9.59 Å². The van der Waals surface area contributed by atoms with Crippen molar-refractivity contribution in [2.24, 2.45) is 34.5 Å². The quantitative estimate of drug-likeness (QED) is 0.138. The molecular formula is C39H59N7O9. The molecule has 16 nitrogen and oxygen atoms in total. The Kier molecular flexibility index (Phi) is 13.1. The Morgan fingerprint density at radius 1 is 0.945 bits per heavy atom. The molecule has 304 valence electrons. The number of ketones is 1. The number of hydrogen-bond acceptors (Lipinski definition) is 9. The number of imide groups is 2. The van der Waals surface area contributed by atoms with Crippen molar-refractivity contribution in [1.29, 1.82) is 0 Å². The summed E-state index contributed by atoms with van der Waals surface area (Å²) in [7, 11) is 0. The molecule has 0 aromatic rings. The second-order valence-electron chi connectivity index (χ2n) is 17.5. The van der Waals surface area contributed by atoms with Gasteiger partial charge >= 0.3 is 12.1 Å². The Hall–Kier alpha value is -4.34. The molecule has 0 aromatic heterocycles. The molecule has 0 aromatic carbocycles. The van der Waals surface area contributed by atoms with E-state index in [1.807, 2.05) is 34.6 Å². The Labute approximate surface area is 323 Å². The summed E-state index contributed by atoms with van der Waals surface area (Å²) in [5, 5.41) is 12.8. The number of piperidine rings is 2. The highest BCUT2D eigenvalue weighted by Gasteiger charge is 2.69. The molecule has 2 aliphatic carbocycles. The number of ether oxygens (including phenoxy) is 1. The van der Waals surface area contributed by atoms with Crippen molar-refractivity contribution in [1.82, 2.24) is 36.4 Å². The van der Waals surface area contributed by atoms with Crippen molar-refractivity contribution < 1.29 is 43.1 Å². The highest BCUT2D eigenvalue weighted by molar-refractivity contribution is 6.38. The second-order valence-corrected chi connectivity index (χ2v) is 17.5. The lowest BCUT2D eigenvalue weighted by molar-refractivity contribution is -0.153. The second kappa shape index (κ2) is 17.2. The van der Waals surface area contributed by atoms with Crippen LogP contribution in [0.3, 0.4) is 0 Å². The van der Waals surface area contributed by atoms with Gasteiger partial charge in [0, 0.05) is 38.1 Å². The molecule has 2 saturated carbocycles. The lowest BCUT2D eigenvalue weighted by atomic mass is 9.85. The largest absolute Gasteiger partial charge is 0.379 e. The van der Waals surface area contributed by atoms with Crippen LogP contribution in [0, 0.1) is 34.5 Å². The monoisotopic (exact) mass is 769 g/mol. The van der Waals surface area contributed by atoms with Crippen molar-refractivity contribution in [3.8, 4) is 0 Å². The maximum atomic E-state index is 14.3. The summed E-state index contributed by atoms with van der Waals surface area (Å²) >= 11 is 0. The van der Waals surface area contributed by atoms with E-state index in [2.05, 4.69) is 33.2 Å². The Balaban J connectivity index is 1.29. The Morgan fingerprint density at radius 2 is 1.60 bits per heavy atom. The highest BCUT2D eigenvalue weighted by atomic mass is 16.5. The van der Waals surface area contributed by atoms with Gasteiger partial charge in [0.15, 0.2) is 0 Å². The third-order valence-corrected chi connectivity index (χ3v) is 12.3. The van der Waals surface area contributed by atoms with Crippen LogP contribution in [0.5, 0.6) is 0 Å². The van der Waals surface area contributed by atoms with E-state index in [-0.39, 0.29) is 73.6 Å². The van der Waals surface area contributed by atoms with Gasteiger partial charge in [0.2, 0.25) is 29.4 Å². The number of rotatable bonds is 8. The molecule has 3 saturated heterocycles. The molecule has 2 unspecified atom stereocenters. The summed E-state index contributed by atoms with van der Waals surface area (Å²) in [5.41, 5.74) is -0.863. The summed E-state index contributed by atoms with van der Waals surface area (Å²) in [6.07, 6.45) is 7.29. The minimum Gasteiger partial charge on any atom is -0.379 e. The smallest absolute Gasteiger partial charge is 0.323 e. The van der Waals surface area contributed by atoms with Crippen LogP contribution in [0.25, 0.3) is 0 Å². The number of carbonyl (C=O) groups excluding carboxylic acids is 8. The standard InChI is InChI=1S/C39H59N7O9/c1-7-16-40-32(49)30(47)25-13-11-9-8-10-12-17-55-21-26(35(52)45-19-24-28(39(24,5)6)29(45)31(48)41-25)42-36(53)44-37(54)43-27(38(2,3)4)20-46-33(50)22-14-15-23(18-22)34(46)51/h7,22-29H,1,8-21H2,2-6H3,(H,40,49)(H,41,48)(H3,42,43,44,53,54)/t22?,23?,24-,25+,26+,27+,28-,29-/m0/s1. The first-order valence-electron chi connectivity index (χ1n) is 19.8. The van der Waals surface area contributed by atoms with Gasteiger partial charge in [-0.15, -0.1) is 6.58 Å². The van der Waals surface area contributed by atoms with Gasteiger partial charge in [-0.2, -0.15) is 0 Å². The van der Waals surface area contributed by atoms with Crippen LogP contribution >= 0.6 is 0 Å². The minimum absolute atomic E-state index is 0.0105. The zero-order chi connectivity index (χ0) is 40.2. The highest BCUT2D eigenvalue weighted by Crippen LogP contribution is 2.65. The number of fused-ring (bicyclic) bond motifs is 5. The molecule has 0 spiro atoms. The van der Waals surface area contributed by atoms with E-state index in [4.69, 9.17) is 4.74 Å². The van der Waals surface area contributed by atoms with Crippen molar-refractivity contribution in [2.45, 2.75) is 117 Å². The van der Waals surface area contributed by atoms with E-state index >= 15 is 0 Å². The molecule has 5 N–H and O–H groups in total. The fourth-order valence-corrected chi connectivity index (χ4v) is 8.78. The van der Waals surface area contributed by atoms with E-state index in [0.717, 1.165) is 19.3 Å². The molecule has 16 heteroatoms. The van der Waals surface area contributed by atoms with Gasteiger partial charge < -0.3 is 30.9 Å². The van der Waals surface area contributed by atoms with Gasteiger partial charge in [-0.1, -0.05) is 66.4 Å². The molecule has 3 heterocycles. The van der Waals surface area contributed by atoms with E-state index in [9.17, 15) is 38.4 Å². The van der Waals surface area contributed by atoms with Crippen molar-refractivity contribution >= 4 is 47.4 Å². The number of Topliss-reactive ketones (excluding diaryl/α,β-unsaturated/α-hetero) is 1. The summed E-state index contributed by atoms with van der Waals surface area (Å²) in [6.45, 7) is 13.5. The van der Waals surface area contributed by atoms with Gasteiger partial charge in [0.25, 0.3) is 5.91 Å². The molecule has 9 amide bonds. The molecule has 55 heavy (non-hydrogen) atoms. The summed E-state index contributed by atoms with van der Waals surface area (Å²) in [5.74, 6) is -3.83. The van der Waals surface area contributed by atoms with Crippen LogP contribution in [-0.2, 0) is 33.5 Å². The summed E-state index contributed by atoms with van der Waals surface area (Å²) in [4.78, 5) is 110. The van der Waals surface area contributed by atoms with Crippen molar-refractivity contribution in [2.75, 3.05) is 32.8 Å². The van der Waals surface area contributed by atoms with Crippen LogP contribution in [0.4, 0.5) is 9.59 Å². The maximum absolute atomic E-state index is 14.3. The lowest BCUT2D eigenvalue weighted by Crippen LogP contribution is -2.61. The van der Waals surface area contributed by atoms with Crippen LogP contribution in [0.15, 0.2) is 12.7 Å². The number of urea groups is 2. The lowest BCUT2D eigenvalue weighted by Gasteiger charge is -2.38. The number of nitrogens with zero attached hydrogens (tertiary/aromatic N) is 2. The third-order valence-electron chi connectivity index (χ3n) is 12.3. The number of nitrogens with one attached hydrogen (secondary N) is 5. The van der Waals surface area contributed by atoms with Gasteiger partial charge in [0.05, 0.1) is 18.7 Å². The minimum atomic E-state index is -1.27. The maximum Gasteiger partial charge on any atom is 0.323 e. The SMILES string of the molecule is C=CCNC(=O)C(=O)[C@H]1CCCCCCCOC[C@@H](NC(=O)NC(=O)N[C@H](CN2C(=O)C3CCC(C3)C2=O)C(C)(C)C)C(=O)N2C[C@H]3[C@@H]([C@H]2C(=O)N1)C3(C)C. The topological polar surface area (TPSA) is 212 Å². The molecule has 2 bridgehead atoms. The predicted octanol–water partition coefficient (Wildman–Crippen LogP) is 1.77. The average Bonchev–Trinajstić information content (AvgIpc) is 3.50. The number of hydrogen-bond donors (Lipinski definition) is 5. The molecule has 5 fully saturated rings. The zero-order valence-electron chi connectivity index (χ0n) is 32.9. The van der Waals surface area contributed by atoms with Crippen LogP contribution in [0.2, 0.25) is 0 Å². The number of likely N-dealkylation sites (tertiary alicyclic amines) is 1. The number of carbonyl (C=O) groups is 8. The van der Waals surface area contributed by atoms with Crippen LogP contribution in [0.1, 0.15) is 92.4 Å². The normalized spacial score (nSPS) is 30.3. The Morgan fingerprint density at radius 3 is 2.25 bits per heavy atom. The van der Waals surface area contributed by atoms with Crippen molar-refractivity contribution in [3.05, 3.63) is 12.7 Å². The first-order valence-corrected chi connectivity index (χ1v) is 19.8. The Bertz CT molecular complexity index is 1540. The van der Waals surface area contributed by atoms with Gasteiger partial charge in [-0.3, -0.25) is 39.0 Å². The van der Waals surface area contributed by atoms with Crippen LogP contribution in [-0.4, -0.2) is 114 Å². The van der Waals surface area contributed by atoms with Crippen molar-refractivity contribution in [3.63, 3.8) is 0 Å². The zero-order valence-corrected chi connectivity index (χ0v) is 32.9. The van der Waals surface area contributed by atoms with Crippen LogP contribution < -0.4 is 26.6 Å². The summed E-state index contributed by atoms with van der Waals surface area (Å²) < 4.78 is 5.86. The fraction of sp³-hybridized carbons (Fsp3) is 0.744. The molecule has 0 radical (unpaired) electrons. The number of amides is 9. The molecule has 8 atom stereocenters. The van der Waals surface area contributed by atoms with E-state index in [1.54, 1.807) is 0 Å². The third kappa shape index (κ3) is 9.55. The predicted molar refractivity (Wildman–Crippen MR) is 200 cm³/mol. The van der Waals surface area contributed by atoms with E-state index in [1.165, 1.54) is 15.9 Å². The first-order chi connectivity index (χ1) is 25.9. The van der Waals surface area contributed by atoms with Gasteiger partial charge in [-0.05, 0) is 54.8 Å². The van der Waals surface area contributed by atoms with Gasteiger partial charge in [0.1, 0.15) is 12.1 Å². The van der Waals surface area contributed by atoms with E-state index in [0.29, 0.717) is 38.7 Å². The van der Waals surface area contributed by atoms with E-state index < -0.39 is 65.1 Å². The molecule has 3 aliphatic heterocycles. The summed E-state index contributed by atoms with van der Waals surface area (Å²) in [6, 6.07) is -5.87. The molecule has 5 rings (SSSR count). The average molecular weight is 770 g/mol.